The number of fused-ring (bicyclic) bond motifs is 1. The number of methoxy groups -OCH3 is 1. The molecule has 0 amide bonds. The first-order chi connectivity index (χ1) is 12.5. The van der Waals surface area contributed by atoms with Crippen molar-refractivity contribution >= 4 is 23.6 Å². The standard InChI is InChI=1S/C20H18O6/c1-12(21)25-19-9-15-8-16(14-4-6-17(23-3)7-5-14)11-24-18(15)10-20(19)26-13(2)22/h4-10H,11H2,1-3H3. The Bertz CT molecular complexity index is 880. The third-order valence-electron chi connectivity index (χ3n) is 3.76. The monoisotopic (exact) mass is 354 g/mol. The number of carbonyl (C=O) groups excluding carboxylic acids is 2. The SMILES string of the molecule is COc1ccc(C2=Cc3cc(OC(C)=O)c(OC(C)=O)cc3OC2)cc1. The molecule has 0 radical (unpaired) electrons. The molecule has 6 nitrogen and oxygen atoms in total. The van der Waals surface area contributed by atoms with E-state index in [-0.39, 0.29) is 11.5 Å². The maximum Gasteiger partial charge on any atom is 0.308 e. The number of hydrogen-bond acceptors (Lipinski definition) is 6. The quantitative estimate of drug-likeness (QED) is 0.618. The number of carbonyl (C=O) groups is 2. The van der Waals surface area contributed by atoms with Gasteiger partial charge in [0.1, 0.15) is 18.1 Å². The number of ether oxygens (including phenoxy) is 4. The molecule has 3 rings (SSSR count). The molecular formula is C20H18O6. The summed E-state index contributed by atoms with van der Waals surface area (Å²) in [4.78, 5) is 22.6. The van der Waals surface area contributed by atoms with E-state index < -0.39 is 11.9 Å². The Labute approximate surface area is 150 Å². The van der Waals surface area contributed by atoms with Crippen molar-refractivity contribution in [1.82, 2.24) is 0 Å². The molecule has 0 aromatic heterocycles. The van der Waals surface area contributed by atoms with Crippen molar-refractivity contribution in [3.63, 3.8) is 0 Å². The second-order valence-corrected chi connectivity index (χ2v) is 5.71. The second kappa shape index (κ2) is 7.31. The van der Waals surface area contributed by atoms with Gasteiger partial charge in [-0.1, -0.05) is 12.1 Å². The summed E-state index contributed by atoms with van der Waals surface area (Å²) in [6.07, 6.45) is 1.95. The summed E-state index contributed by atoms with van der Waals surface area (Å²) >= 11 is 0. The van der Waals surface area contributed by atoms with E-state index in [0.717, 1.165) is 22.4 Å². The third kappa shape index (κ3) is 3.85. The van der Waals surface area contributed by atoms with Gasteiger partial charge in [0, 0.05) is 25.5 Å². The predicted octanol–water partition coefficient (Wildman–Crippen LogP) is 3.48. The highest BCUT2D eigenvalue weighted by molar-refractivity contribution is 5.87. The van der Waals surface area contributed by atoms with Crippen LogP contribution in [-0.4, -0.2) is 25.7 Å². The normalized spacial score (nSPS) is 12.3. The molecule has 1 heterocycles. The van der Waals surface area contributed by atoms with Crippen LogP contribution in [0.4, 0.5) is 0 Å². The van der Waals surface area contributed by atoms with Crippen LogP contribution >= 0.6 is 0 Å². The van der Waals surface area contributed by atoms with Crippen LogP contribution in [0.15, 0.2) is 36.4 Å². The Hall–Kier alpha value is -3.28. The first-order valence-corrected chi connectivity index (χ1v) is 7.99. The average molecular weight is 354 g/mol. The highest BCUT2D eigenvalue weighted by Crippen LogP contribution is 2.39. The lowest BCUT2D eigenvalue weighted by atomic mass is 10.0. The van der Waals surface area contributed by atoms with Crippen molar-refractivity contribution in [3.8, 4) is 23.0 Å². The maximum atomic E-state index is 11.3. The Morgan fingerprint density at radius 2 is 1.58 bits per heavy atom. The molecule has 1 aliphatic rings. The molecule has 134 valence electrons. The fourth-order valence-corrected chi connectivity index (χ4v) is 2.62. The molecular weight excluding hydrogens is 336 g/mol. The average Bonchev–Trinajstić information content (AvgIpc) is 2.61. The highest BCUT2D eigenvalue weighted by atomic mass is 16.6. The molecule has 0 aliphatic carbocycles. The summed E-state index contributed by atoms with van der Waals surface area (Å²) in [5.41, 5.74) is 2.69. The van der Waals surface area contributed by atoms with Gasteiger partial charge in [-0.3, -0.25) is 9.59 Å². The lowest BCUT2D eigenvalue weighted by molar-refractivity contribution is -0.134. The van der Waals surface area contributed by atoms with E-state index in [4.69, 9.17) is 18.9 Å². The summed E-state index contributed by atoms with van der Waals surface area (Å²) in [5, 5.41) is 0. The van der Waals surface area contributed by atoms with Gasteiger partial charge in [0.05, 0.1) is 7.11 Å². The number of rotatable bonds is 4. The Kier molecular flexibility index (Phi) is 4.93. The summed E-state index contributed by atoms with van der Waals surface area (Å²) in [7, 11) is 1.62. The van der Waals surface area contributed by atoms with Gasteiger partial charge in [0.15, 0.2) is 11.5 Å². The van der Waals surface area contributed by atoms with Crippen molar-refractivity contribution in [3.05, 3.63) is 47.5 Å². The van der Waals surface area contributed by atoms with E-state index in [0.29, 0.717) is 12.4 Å². The summed E-state index contributed by atoms with van der Waals surface area (Å²) in [6.45, 7) is 2.93. The number of hydrogen-bond donors (Lipinski definition) is 0. The molecule has 2 aromatic rings. The first-order valence-electron chi connectivity index (χ1n) is 7.99. The zero-order valence-electron chi connectivity index (χ0n) is 14.7. The van der Waals surface area contributed by atoms with E-state index >= 15 is 0 Å². The van der Waals surface area contributed by atoms with Gasteiger partial charge in [0.2, 0.25) is 0 Å². The topological polar surface area (TPSA) is 71.1 Å². The second-order valence-electron chi connectivity index (χ2n) is 5.71. The molecule has 0 bridgehead atoms. The lowest BCUT2D eigenvalue weighted by Crippen LogP contribution is -2.10. The molecule has 6 heteroatoms. The van der Waals surface area contributed by atoms with E-state index in [1.807, 2.05) is 30.3 Å². The number of benzene rings is 2. The minimum Gasteiger partial charge on any atom is -0.497 e. The van der Waals surface area contributed by atoms with Gasteiger partial charge in [-0.05, 0) is 35.4 Å². The van der Waals surface area contributed by atoms with Crippen LogP contribution in [0.25, 0.3) is 11.6 Å². The minimum atomic E-state index is -0.511. The van der Waals surface area contributed by atoms with E-state index in [1.165, 1.54) is 13.8 Å². The number of esters is 2. The lowest BCUT2D eigenvalue weighted by Gasteiger charge is -2.20. The van der Waals surface area contributed by atoms with Crippen molar-refractivity contribution in [2.24, 2.45) is 0 Å². The Balaban J connectivity index is 1.99. The minimum absolute atomic E-state index is 0.146. The van der Waals surface area contributed by atoms with Crippen LogP contribution in [0.5, 0.6) is 23.0 Å². The fourth-order valence-electron chi connectivity index (χ4n) is 2.62. The molecule has 1 aliphatic heterocycles. The van der Waals surface area contributed by atoms with Crippen LogP contribution in [0.2, 0.25) is 0 Å². The van der Waals surface area contributed by atoms with Crippen LogP contribution in [-0.2, 0) is 9.59 Å². The van der Waals surface area contributed by atoms with Crippen molar-refractivity contribution < 1.29 is 28.5 Å². The molecule has 0 fully saturated rings. The zero-order chi connectivity index (χ0) is 18.7. The Morgan fingerprint density at radius 3 is 2.15 bits per heavy atom. The molecule has 0 saturated heterocycles. The van der Waals surface area contributed by atoms with Crippen molar-refractivity contribution in [2.45, 2.75) is 13.8 Å². The van der Waals surface area contributed by atoms with Gasteiger partial charge < -0.3 is 18.9 Å². The van der Waals surface area contributed by atoms with Crippen LogP contribution in [0, 0.1) is 0 Å². The highest BCUT2D eigenvalue weighted by Gasteiger charge is 2.19. The van der Waals surface area contributed by atoms with Gasteiger partial charge >= 0.3 is 11.9 Å². The first kappa shape index (κ1) is 17.5. The largest absolute Gasteiger partial charge is 0.497 e. The van der Waals surface area contributed by atoms with E-state index in [1.54, 1.807) is 19.2 Å². The van der Waals surface area contributed by atoms with Crippen molar-refractivity contribution in [2.75, 3.05) is 13.7 Å². The van der Waals surface area contributed by atoms with Crippen LogP contribution < -0.4 is 18.9 Å². The molecule has 0 spiro atoms. The van der Waals surface area contributed by atoms with Crippen molar-refractivity contribution in [1.29, 1.82) is 0 Å². The summed E-state index contributed by atoms with van der Waals surface area (Å²) < 4.78 is 21.3. The van der Waals surface area contributed by atoms with E-state index in [9.17, 15) is 9.59 Å². The van der Waals surface area contributed by atoms with Gasteiger partial charge in [-0.25, -0.2) is 0 Å². The van der Waals surface area contributed by atoms with Crippen LogP contribution in [0.1, 0.15) is 25.0 Å². The molecule has 0 saturated carbocycles. The predicted molar refractivity (Wildman–Crippen MR) is 95.4 cm³/mol. The summed E-state index contributed by atoms with van der Waals surface area (Å²) in [5.74, 6) is 0.622. The smallest absolute Gasteiger partial charge is 0.308 e. The molecule has 0 N–H and O–H groups in total. The van der Waals surface area contributed by atoms with Crippen LogP contribution in [0.3, 0.4) is 0 Å². The van der Waals surface area contributed by atoms with Gasteiger partial charge in [-0.2, -0.15) is 0 Å². The zero-order valence-corrected chi connectivity index (χ0v) is 14.7. The maximum absolute atomic E-state index is 11.3. The third-order valence-corrected chi connectivity index (χ3v) is 3.76. The van der Waals surface area contributed by atoms with Gasteiger partial charge in [0.25, 0.3) is 0 Å². The summed E-state index contributed by atoms with van der Waals surface area (Å²) in [6, 6.07) is 10.8. The van der Waals surface area contributed by atoms with E-state index in [2.05, 4.69) is 0 Å². The molecule has 2 aromatic carbocycles. The molecule has 26 heavy (non-hydrogen) atoms. The fraction of sp³-hybridized carbons (Fsp3) is 0.200. The molecule has 0 atom stereocenters. The van der Waals surface area contributed by atoms with Gasteiger partial charge in [-0.15, -0.1) is 0 Å². The molecule has 0 unspecified atom stereocenters. The Morgan fingerprint density at radius 1 is 0.962 bits per heavy atom.